The third-order valence-corrected chi connectivity index (χ3v) is 4.84. The summed E-state index contributed by atoms with van der Waals surface area (Å²) < 4.78 is 12.0. The standard InChI is InChI=1S/C18H22N4O3/c1-13-3-2-4-14(20-13)10-24-15-6-8-25-18(9-15)11-22(12-18)17(23)16-5-7-19-21-16/h2-5,7,15H,6,8-12H2,1H3,(H,19,21)/t15-/m1/s1. The van der Waals surface area contributed by atoms with Crippen LogP contribution < -0.4 is 0 Å². The number of nitrogens with zero attached hydrogens (tertiary/aromatic N) is 3. The monoisotopic (exact) mass is 342 g/mol. The number of nitrogens with one attached hydrogen (secondary N) is 1. The Kier molecular flexibility index (Phi) is 4.27. The molecule has 2 aliphatic heterocycles. The van der Waals surface area contributed by atoms with Gasteiger partial charge in [-0.3, -0.25) is 14.9 Å². The summed E-state index contributed by atoms with van der Waals surface area (Å²) in [6.45, 7) is 4.37. The molecule has 1 amide bonds. The first-order valence-electron chi connectivity index (χ1n) is 8.60. The highest BCUT2D eigenvalue weighted by atomic mass is 16.5. The molecule has 2 aromatic rings. The van der Waals surface area contributed by atoms with E-state index in [9.17, 15) is 4.79 Å². The van der Waals surface area contributed by atoms with E-state index in [1.165, 1.54) is 0 Å². The predicted octanol–water partition coefficient (Wildman–Crippen LogP) is 1.70. The first-order chi connectivity index (χ1) is 12.1. The van der Waals surface area contributed by atoms with Gasteiger partial charge in [0.1, 0.15) is 11.3 Å². The summed E-state index contributed by atoms with van der Waals surface area (Å²) in [4.78, 5) is 18.6. The van der Waals surface area contributed by atoms with Crippen molar-refractivity contribution in [2.75, 3.05) is 19.7 Å². The van der Waals surface area contributed by atoms with Gasteiger partial charge >= 0.3 is 0 Å². The van der Waals surface area contributed by atoms with Crippen LogP contribution in [0.25, 0.3) is 0 Å². The number of likely N-dealkylation sites (tertiary alicyclic amines) is 1. The van der Waals surface area contributed by atoms with Crippen LogP contribution in [0, 0.1) is 6.92 Å². The molecule has 4 heterocycles. The fourth-order valence-electron chi connectivity index (χ4n) is 3.57. The number of amides is 1. The number of rotatable bonds is 4. The van der Waals surface area contributed by atoms with Gasteiger partial charge < -0.3 is 14.4 Å². The number of aromatic nitrogens is 3. The first kappa shape index (κ1) is 16.2. The summed E-state index contributed by atoms with van der Waals surface area (Å²) in [5, 5.41) is 6.55. The van der Waals surface area contributed by atoms with E-state index >= 15 is 0 Å². The SMILES string of the molecule is Cc1cccc(CO[C@@H]2CCOC3(C2)CN(C(=O)c2ccn[nH]2)C3)n1. The number of pyridine rings is 1. The van der Waals surface area contributed by atoms with Gasteiger partial charge in [-0.1, -0.05) is 6.07 Å². The number of aryl methyl sites for hydroxylation is 1. The van der Waals surface area contributed by atoms with Crippen LogP contribution in [-0.4, -0.2) is 57.4 Å². The second-order valence-electron chi connectivity index (χ2n) is 6.86. The molecular weight excluding hydrogens is 320 g/mol. The highest BCUT2D eigenvalue weighted by Gasteiger charge is 2.49. The minimum atomic E-state index is -0.265. The number of carbonyl (C=O) groups is 1. The Morgan fingerprint density at radius 1 is 1.44 bits per heavy atom. The van der Waals surface area contributed by atoms with E-state index in [2.05, 4.69) is 15.2 Å². The summed E-state index contributed by atoms with van der Waals surface area (Å²) >= 11 is 0. The van der Waals surface area contributed by atoms with Crippen molar-refractivity contribution in [3.05, 3.63) is 47.5 Å². The zero-order valence-electron chi connectivity index (χ0n) is 14.3. The van der Waals surface area contributed by atoms with Crippen molar-refractivity contribution in [1.29, 1.82) is 0 Å². The van der Waals surface area contributed by atoms with Crippen LogP contribution in [0.3, 0.4) is 0 Å². The van der Waals surface area contributed by atoms with Gasteiger partial charge in [-0.2, -0.15) is 5.10 Å². The van der Waals surface area contributed by atoms with Crippen molar-refractivity contribution in [3.63, 3.8) is 0 Å². The van der Waals surface area contributed by atoms with Crippen LogP contribution in [0.4, 0.5) is 0 Å². The molecule has 0 radical (unpaired) electrons. The zero-order valence-corrected chi connectivity index (χ0v) is 14.3. The molecular formula is C18H22N4O3. The van der Waals surface area contributed by atoms with Crippen molar-refractivity contribution >= 4 is 5.91 Å². The smallest absolute Gasteiger partial charge is 0.272 e. The Morgan fingerprint density at radius 3 is 3.08 bits per heavy atom. The summed E-state index contributed by atoms with van der Waals surface area (Å²) in [5.74, 6) is -0.0290. The Balaban J connectivity index is 1.31. The maximum Gasteiger partial charge on any atom is 0.272 e. The van der Waals surface area contributed by atoms with E-state index in [0.29, 0.717) is 32.0 Å². The summed E-state index contributed by atoms with van der Waals surface area (Å²) in [6, 6.07) is 7.65. The van der Waals surface area contributed by atoms with Crippen molar-refractivity contribution < 1.29 is 14.3 Å². The molecule has 1 atom stereocenters. The van der Waals surface area contributed by atoms with Gasteiger partial charge in [-0.25, -0.2) is 0 Å². The first-order valence-corrected chi connectivity index (χ1v) is 8.60. The van der Waals surface area contributed by atoms with Crippen LogP contribution >= 0.6 is 0 Å². The Hall–Kier alpha value is -2.25. The lowest BCUT2D eigenvalue weighted by Crippen LogP contribution is -2.67. The molecule has 132 valence electrons. The molecule has 7 nitrogen and oxygen atoms in total. The molecule has 2 aliphatic rings. The van der Waals surface area contributed by atoms with E-state index in [0.717, 1.165) is 24.2 Å². The maximum atomic E-state index is 12.3. The van der Waals surface area contributed by atoms with Crippen LogP contribution in [0.15, 0.2) is 30.5 Å². The van der Waals surface area contributed by atoms with E-state index in [1.54, 1.807) is 17.2 Å². The van der Waals surface area contributed by atoms with E-state index < -0.39 is 0 Å². The highest BCUT2D eigenvalue weighted by molar-refractivity contribution is 5.92. The zero-order chi connectivity index (χ0) is 17.3. The van der Waals surface area contributed by atoms with Gasteiger partial charge in [0.05, 0.1) is 31.5 Å². The minimum Gasteiger partial charge on any atom is -0.372 e. The van der Waals surface area contributed by atoms with Crippen LogP contribution in [0.2, 0.25) is 0 Å². The van der Waals surface area contributed by atoms with Gasteiger partial charge in [0, 0.05) is 24.9 Å². The molecule has 4 rings (SSSR count). The van der Waals surface area contributed by atoms with Crippen molar-refractivity contribution in [3.8, 4) is 0 Å². The molecule has 0 unspecified atom stereocenters. The topological polar surface area (TPSA) is 80.3 Å². The normalized spacial score (nSPS) is 22.0. The Labute approximate surface area is 146 Å². The third kappa shape index (κ3) is 3.43. The molecule has 2 saturated heterocycles. The molecule has 1 spiro atoms. The Morgan fingerprint density at radius 2 is 2.32 bits per heavy atom. The minimum absolute atomic E-state index is 0.0290. The average Bonchev–Trinajstić information content (AvgIpc) is 3.12. The van der Waals surface area contributed by atoms with E-state index in [4.69, 9.17) is 9.47 Å². The summed E-state index contributed by atoms with van der Waals surface area (Å²) in [5.41, 5.74) is 2.20. The molecule has 0 aliphatic carbocycles. The molecule has 2 fully saturated rings. The number of hydrogen-bond donors (Lipinski definition) is 1. The van der Waals surface area contributed by atoms with Crippen LogP contribution in [0.5, 0.6) is 0 Å². The Bertz CT molecular complexity index is 741. The van der Waals surface area contributed by atoms with Gasteiger partial charge in [-0.05, 0) is 31.5 Å². The van der Waals surface area contributed by atoms with Gasteiger partial charge in [0.25, 0.3) is 5.91 Å². The molecule has 7 heteroatoms. The van der Waals surface area contributed by atoms with Gasteiger partial charge in [0.2, 0.25) is 0 Å². The third-order valence-electron chi connectivity index (χ3n) is 4.84. The lowest BCUT2D eigenvalue weighted by molar-refractivity contribution is -0.188. The molecule has 25 heavy (non-hydrogen) atoms. The van der Waals surface area contributed by atoms with Crippen LogP contribution in [-0.2, 0) is 16.1 Å². The number of carbonyl (C=O) groups excluding carboxylic acids is 1. The van der Waals surface area contributed by atoms with E-state index in [1.807, 2.05) is 25.1 Å². The number of H-pyrrole nitrogens is 1. The second kappa shape index (κ2) is 6.57. The summed E-state index contributed by atoms with van der Waals surface area (Å²) in [6.07, 6.45) is 3.41. The number of hydrogen-bond acceptors (Lipinski definition) is 5. The molecule has 0 saturated carbocycles. The molecule has 1 N–H and O–H groups in total. The lowest BCUT2D eigenvalue weighted by Gasteiger charge is -2.52. The number of aromatic amines is 1. The molecule has 0 aromatic carbocycles. The number of ether oxygens (including phenoxy) is 2. The van der Waals surface area contributed by atoms with Crippen molar-refractivity contribution in [2.45, 2.75) is 38.1 Å². The van der Waals surface area contributed by atoms with Gasteiger partial charge in [-0.15, -0.1) is 0 Å². The largest absolute Gasteiger partial charge is 0.372 e. The lowest BCUT2D eigenvalue weighted by atomic mass is 9.84. The van der Waals surface area contributed by atoms with Crippen molar-refractivity contribution in [1.82, 2.24) is 20.1 Å². The summed E-state index contributed by atoms with van der Waals surface area (Å²) in [7, 11) is 0. The fourth-order valence-corrected chi connectivity index (χ4v) is 3.57. The average molecular weight is 342 g/mol. The van der Waals surface area contributed by atoms with Crippen LogP contribution in [0.1, 0.15) is 34.7 Å². The highest BCUT2D eigenvalue weighted by Crippen LogP contribution is 2.36. The molecule has 0 bridgehead atoms. The van der Waals surface area contributed by atoms with Crippen molar-refractivity contribution in [2.24, 2.45) is 0 Å². The quantitative estimate of drug-likeness (QED) is 0.915. The molecule has 2 aromatic heterocycles. The fraction of sp³-hybridized carbons (Fsp3) is 0.500. The van der Waals surface area contributed by atoms with Gasteiger partial charge in [0.15, 0.2) is 0 Å². The maximum absolute atomic E-state index is 12.3. The predicted molar refractivity (Wildman–Crippen MR) is 90.0 cm³/mol. The second-order valence-corrected chi connectivity index (χ2v) is 6.86. The van der Waals surface area contributed by atoms with E-state index in [-0.39, 0.29) is 17.6 Å².